The lowest BCUT2D eigenvalue weighted by Crippen LogP contribution is -2.14. The van der Waals surface area contributed by atoms with E-state index in [1.807, 2.05) is 18.2 Å². The molecule has 3 nitrogen and oxygen atoms in total. The highest BCUT2D eigenvalue weighted by atomic mass is 79.9. The minimum Gasteiger partial charge on any atom is -0.497 e. The van der Waals surface area contributed by atoms with Crippen molar-refractivity contribution in [2.75, 3.05) is 7.11 Å². The summed E-state index contributed by atoms with van der Waals surface area (Å²) in [6, 6.07) is 12.4. The van der Waals surface area contributed by atoms with Gasteiger partial charge >= 0.3 is 5.97 Å². The van der Waals surface area contributed by atoms with Crippen LogP contribution in [0.2, 0.25) is 5.02 Å². The van der Waals surface area contributed by atoms with Crippen LogP contribution in [0.15, 0.2) is 46.9 Å². The topological polar surface area (TPSA) is 46.5 Å². The summed E-state index contributed by atoms with van der Waals surface area (Å²) in [5, 5.41) is 10.1. The molecule has 0 saturated heterocycles. The molecule has 5 heteroatoms. The SMILES string of the molecule is COc1ccc(Br)c(CC(C(=O)O)c2ccc(Cl)cc2)c1. The summed E-state index contributed by atoms with van der Waals surface area (Å²) in [6.45, 7) is 0. The van der Waals surface area contributed by atoms with E-state index in [9.17, 15) is 9.90 Å². The van der Waals surface area contributed by atoms with Crippen molar-refractivity contribution in [3.8, 4) is 5.75 Å². The number of benzene rings is 2. The fraction of sp³-hybridized carbons (Fsp3) is 0.188. The molecule has 2 aromatic rings. The van der Waals surface area contributed by atoms with Crippen LogP contribution < -0.4 is 4.74 Å². The molecule has 1 atom stereocenters. The van der Waals surface area contributed by atoms with Gasteiger partial charge in [0.1, 0.15) is 5.75 Å². The molecule has 0 saturated carbocycles. The lowest BCUT2D eigenvalue weighted by molar-refractivity contribution is -0.138. The summed E-state index contributed by atoms with van der Waals surface area (Å²) in [7, 11) is 1.58. The molecule has 0 aromatic heterocycles. The maximum Gasteiger partial charge on any atom is 0.311 e. The second-order valence-electron chi connectivity index (χ2n) is 4.60. The first-order chi connectivity index (χ1) is 10.0. The van der Waals surface area contributed by atoms with E-state index >= 15 is 0 Å². The molecule has 0 heterocycles. The van der Waals surface area contributed by atoms with Gasteiger partial charge in [0.2, 0.25) is 0 Å². The van der Waals surface area contributed by atoms with Crippen LogP contribution in [0.5, 0.6) is 5.75 Å². The molecule has 2 rings (SSSR count). The zero-order valence-electron chi connectivity index (χ0n) is 11.3. The van der Waals surface area contributed by atoms with Crippen molar-refractivity contribution in [1.29, 1.82) is 0 Å². The van der Waals surface area contributed by atoms with E-state index in [2.05, 4.69) is 15.9 Å². The maximum atomic E-state index is 11.6. The number of hydrogen-bond acceptors (Lipinski definition) is 2. The van der Waals surface area contributed by atoms with Crippen molar-refractivity contribution in [2.45, 2.75) is 12.3 Å². The summed E-state index contributed by atoms with van der Waals surface area (Å²) in [6.07, 6.45) is 0.370. The molecule has 0 radical (unpaired) electrons. The Bertz CT molecular complexity index is 640. The first kappa shape index (κ1) is 15.9. The number of rotatable bonds is 5. The van der Waals surface area contributed by atoms with Gasteiger partial charge in [0.15, 0.2) is 0 Å². The molecule has 1 N–H and O–H groups in total. The Labute approximate surface area is 136 Å². The number of aliphatic carboxylic acids is 1. The average molecular weight is 370 g/mol. The number of carbonyl (C=O) groups is 1. The fourth-order valence-electron chi connectivity index (χ4n) is 2.10. The summed E-state index contributed by atoms with van der Waals surface area (Å²) in [5.74, 6) is -0.800. The second-order valence-corrected chi connectivity index (χ2v) is 5.89. The van der Waals surface area contributed by atoms with Crippen LogP contribution in [0, 0.1) is 0 Å². The molecule has 0 spiro atoms. The minimum absolute atomic E-state index is 0.370. The van der Waals surface area contributed by atoms with Crippen LogP contribution in [-0.4, -0.2) is 18.2 Å². The van der Waals surface area contributed by atoms with E-state index in [0.717, 1.165) is 15.6 Å². The average Bonchev–Trinajstić information content (AvgIpc) is 2.47. The third-order valence-electron chi connectivity index (χ3n) is 3.25. The molecule has 1 unspecified atom stereocenters. The summed E-state index contributed by atoms with van der Waals surface area (Å²) < 4.78 is 6.05. The molecule has 0 aliphatic carbocycles. The number of hydrogen-bond donors (Lipinski definition) is 1. The van der Waals surface area contributed by atoms with Crippen LogP contribution in [0.1, 0.15) is 17.0 Å². The van der Waals surface area contributed by atoms with Crippen LogP contribution in [0.25, 0.3) is 0 Å². The van der Waals surface area contributed by atoms with Crippen molar-refractivity contribution in [3.63, 3.8) is 0 Å². The number of carboxylic acid groups (broad SMARTS) is 1. The smallest absolute Gasteiger partial charge is 0.311 e. The van der Waals surface area contributed by atoms with Gasteiger partial charge in [-0.25, -0.2) is 0 Å². The maximum absolute atomic E-state index is 11.6. The van der Waals surface area contributed by atoms with Crippen molar-refractivity contribution in [1.82, 2.24) is 0 Å². The highest BCUT2D eigenvalue weighted by molar-refractivity contribution is 9.10. The second kappa shape index (κ2) is 6.96. The normalized spacial score (nSPS) is 12.0. The molecule has 0 amide bonds. The van der Waals surface area contributed by atoms with Gasteiger partial charge in [-0.2, -0.15) is 0 Å². The first-order valence-electron chi connectivity index (χ1n) is 6.32. The number of methoxy groups -OCH3 is 1. The highest BCUT2D eigenvalue weighted by Gasteiger charge is 2.21. The van der Waals surface area contributed by atoms with E-state index in [-0.39, 0.29) is 0 Å². The lowest BCUT2D eigenvalue weighted by atomic mass is 9.92. The fourth-order valence-corrected chi connectivity index (χ4v) is 2.63. The van der Waals surface area contributed by atoms with Crippen LogP contribution in [-0.2, 0) is 11.2 Å². The Kier molecular flexibility index (Phi) is 5.26. The quantitative estimate of drug-likeness (QED) is 0.843. The van der Waals surface area contributed by atoms with E-state index in [0.29, 0.717) is 17.2 Å². The standard InChI is InChI=1S/C16H14BrClO3/c1-21-13-6-7-15(17)11(8-13)9-14(16(19)20)10-2-4-12(18)5-3-10/h2-8,14H,9H2,1H3,(H,19,20). The van der Waals surface area contributed by atoms with E-state index < -0.39 is 11.9 Å². The predicted octanol–water partition coefficient (Wildman–Crippen LogP) is 4.52. The Hall–Kier alpha value is -1.52. The van der Waals surface area contributed by atoms with Crippen molar-refractivity contribution in [3.05, 3.63) is 63.1 Å². The Morgan fingerprint density at radius 3 is 2.52 bits per heavy atom. The van der Waals surface area contributed by atoms with E-state index in [4.69, 9.17) is 16.3 Å². The zero-order chi connectivity index (χ0) is 15.4. The van der Waals surface area contributed by atoms with Gasteiger partial charge in [0.05, 0.1) is 13.0 Å². The van der Waals surface area contributed by atoms with Crippen molar-refractivity contribution in [2.24, 2.45) is 0 Å². The van der Waals surface area contributed by atoms with Gasteiger partial charge in [-0.05, 0) is 47.9 Å². The zero-order valence-corrected chi connectivity index (χ0v) is 13.7. The van der Waals surface area contributed by atoms with E-state index in [1.165, 1.54) is 0 Å². The molecular weight excluding hydrogens is 356 g/mol. The van der Waals surface area contributed by atoms with Gasteiger partial charge in [-0.15, -0.1) is 0 Å². The largest absolute Gasteiger partial charge is 0.497 e. The van der Waals surface area contributed by atoms with Gasteiger partial charge in [0, 0.05) is 9.50 Å². The minimum atomic E-state index is -0.868. The summed E-state index contributed by atoms with van der Waals surface area (Å²) in [4.78, 5) is 11.6. The number of carboxylic acids is 1. The van der Waals surface area contributed by atoms with Gasteiger partial charge in [-0.1, -0.05) is 39.7 Å². The molecule has 0 aliphatic heterocycles. The van der Waals surface area contributed by atoms with Crippen molar-refractivity contribution >= 4 is 33.5 Å². The van der Waals surface area contributed by atoms with Gasteiger partial charge in [-0.3, -0.25) is 4.79 Å². The monoisotopic (exact) mass is 368 g/mol. The van der Waals surface area contributed by atoms with E-state index in [1.54, 1.807) is 31.4 Å². The number of ether oxygens (including phenoxy) is 1. The van der Waals surface area contributed by atoms with Crippen molar-refractivity contribution < 1.29 is 14.6 Å². The highest BCUT2D eigenvalue weighted by Crippen LogP contribution is 2.29. The Balaban J connectivity index is 2.32. The lowest BCUT2D eigenvalue weighted by Gasteiger charge is -2.15. The molecule has 0 fully saturated rings. The third kappa shape index (κ3) is 3.99. The van der Waals surface area contributed by atoms with Crippen LogP contribution >= 0.6 is 27.5 Å². The molecule has 0 bridgehead atoms. The Morgan fingerprint density at radius 2 is 1.95 bits per heavy atom. The predicted molar refractivity (Wildman–Crippen MR) is 86.2 cm³/mol. The van der Waals surface area contributed by atoms with Crippen LogP contribution in [0.4, 0.5) is 0 Å². The van der Waals surface area contributed by atoms with Gasteiger partial charge in [0.25, 0.3) is 0 Å². The Morgan fingerprint density at radius 1 is 1.29 bits per heavy atom. The van der Waals surface area contributed by atoms with Gasteiger partial charge < -0.3 is 9.84 Å². The molecule has 0 aliphatic rings. The van der Waals surface area contributed by atoms with Crippen LogP contribution in [0.3, 0.4) is 0 Å². The molecular formula is C16H14BrClO3. The molecule has 21 heavy (non-hydrogen) atoms. The third-order valence-corrected chi connectivity index (χ3v) is 4.27. The summed E-state index contributed by atoms with van der Waals surface area (Å²) in [5.41, 5.74) is 1.61. The molecule has 110 valence electrons. The summed E-state index contributed by atoms with van der Waals surface area (Å²) >= 11 is 9.30. The molecule has 2 aromatic carbocycles. The first-order valence-corrected chi connectivity index (χ1v) is 7.49. The number of halogens is 2.